The van der Waals surface area contributed by atoms with E-state index in [1.165, 1.54) is 5.56 Å². The van der Waals surface area contributed by atoms with Crippen molar-refractivity contribution >= 4 is 11.6 Å². The van der Waals surface area contributed by atoms with Crippen molar-refractivity contribution in [3.05, 3.63) is 66.2 Å². The van der Waals surface area contributed by atoms with E-state index in [1.54, 1.807) is 0 Å². The Hall–Kier alpha value is -1.55. The van der Waals surface area contributed by atoms with Crippen molar-refractivity contribution in [2.75, 3.05) is 20.7 Å². The molecule has 0 N–H and O–H groups in total. The molecule has 0 aromatic heterocycles. The molecule has 1 atom stereocenters. The normalized spacial score (nSPS) is 12.6. The Balaban J connectivity index is 0.000000399. The van der Waals surface area contributed by atoms with Gasteiger partial charge in [0.25, 0.3) is 0 Å². The number of hydrogen-bond acceptors (Lipinski definition) is 3. The lowest BCUT2D eigenvalue weighted by atomic mass is 9.88. The van der Waals surface area contributed by atoms with Gasteiger partial charge >= 0.3 is 0 Å². The molecule has 4 heteroatoms. The lowest BCUT2D eigenvalue weighted by molar-refractivity contribution is -0.109. The number of ether oxygens (including phenoxy) is 2. The molecule has 2 aromatic carbocycles. The summed E-state index contributed by atoms with van der Waals surface area (Å²) in [6.07, 6.45) is 1.30. The summed E-state index contributed by atoms with van der Waals surface area (Å²) in [4.78, 5) is 1.66. The fraction of sp³-hybridized carbons (Fsp3) is 0.556. The molecule has 174 valence electrons. The highest BCUT2D eigenvalue weighted by Gasteiger charge is 2.40. The molecule has 0 saturated carbocycles. The van der Waals surface area contributed by atoms with Crippen LogP contribution in [0.2, 0.25) is 0 Å². The smallest absolute Gasteiger partial charge is 0.219 e. The Labute approximate surface area is 195 Å². The molecule has 0 heterocycles. The van der Waals surface area contributed by atoms with Crippen LogP contribution in [0.25, 0.3) is 0 Å². The maximum atomic E-state index is 6.97. The summed E-state index contributed by atoms with van der Waals surface area (Å²) >= 11 is 6.97. The van der Waals surface area contributed by atoms with Gasteiger partial charge in [0.2, 0.25) is 6.29 Å². The molecule has 0 radical (unpaired) electrons. The molecule has 0 bridgehead atoms. The van der Waals surface area contributed by atoms with Crippen molar-refractivity contribution in [3.63, 3.8) is 0 Å². The molecule has 2 rings (SSSR count). The van der Waals surface area contributed by atoms with Crippen LogP contribution in [0.5, 0.6) is 5.75 Å². The average molecular weight is 448 g/mol. The van der Waals surface area contributed by atoms with Gasteiger partial charge in [-0.2, -0.15) is 0 Å². The van der Waals surface area contributed by atoms with E-state index >= 15 is 0 Å². The standard InChI is InChI=1S/C18H29ClO2.C9H13N/c1-6-20-17(21-16-10-8-7-9-11-16)18(19,12-14(2)3)13-15(4)5;1-10(2)8-9-6-4-3-5-7-9/h7-11,14-15,17H,6,12-13H2,1-5H3;3-7H,8H2,1-2H3. The van der Waals surface area contributed by atoms with Crippen LogP contribution in [0.15, 0.2) is 60.7 Å². The molecule has 1 unspecified atom stereocenters. The van der Waals surface area contributed by atoms with Gasteiger partial charge in [-0.25, -0.2) is 0 Å². The number of hydrogen-bond donors (Lipinski definition) is 0. The second-order valence-electron chi connectivity index (χ2n) is 9.17. The van der Waals surface area contributed by atoms with Gasteiger partial charge in [0, 0.05) is 13.2 Å². The van der Waals surface area contributed by atoms with Crippen LogP contribution in [0.1, 0.15) is 53.0 Å². The van der Waals surface area contributed by atoms with Crippen LogP contribution < -0.4 is 4.74 Å². The van der Waals surface area contributed by atoms with Gasteiger partial charge in [-0.15, -0.1) is 11.6 Å². The summed E-state index contributed by atoms with van der Waals surface area (Å²) in [5, 5.41) is 0. The predicted octanol–water partition coefficient (Wildman–Crippen LogP) is 7.25. The van der Waals surface area contributed by atoms with Crippen LogP contribution in [0.3, 0.4) is 0 Å². The van der Waals surface area contributed by atoms with Crippen molar-refractivity contribution in [2.24, 2.45) is 11.8 Å². The van der Waals surface area contributed by atoms with Crippen LogP contribution >= 0.6 is 11.6 Å². The number of nitrogens with zero attached hydrogens (tertiary/aromatic N) is 1. The monoisotopic (exact) mass is 447 g/mol. The molecule has 0 aliphatic carbocycles. The van der Waals surface area contributed by atoms with E-state index in [0.717, 1.165) is 25.1 Å². The van der Waals surface area contributed by atoms with Crippen LogP contribution in [0.4, 0.5) is 0 Å². The Kier molecular flexibility index (Phi) is 12.9. The van der Waals surface area contributed by atoms with Crippen LogP contribution in [-0.2, 0) is 11.3 Å². The summed E-state index contributed by atoms with van der Waals surface area (Å²) in [5.74, 6) is 1.78. The SMILES string of the molecule is CCOC(Oc1ccccc1)C(Cl)(CC(C)C)CC(C)C.CN(C)Cc1ccccc1. The number of alkyl halides is 1. The number of rotatable bonds is 11. The second kappa shape index (κ2) is 14.5. The molecule has 0 fully saturated rings. The zero-order chi connectivity index (χ0) is 23.3. The van der Waals surface area contributed by atoms with Crippen molar-refractivity contribution in [1.82, 2.24) is 4.90 Å². The molecule has 31 heavy (non-hydrogen) atoms. The maximum Gasteiger partial charge on any atom is 0.219 e. The molecular weight excluding hydrogens is 406 g/mol. The molecule has 2 aromatic rings. The quantitative estimate of drug-likeness (QED) is 0.267. The summed E-state index contributed by atoms with van der Waals surface area (Å²) < 4.78 is 11.9. The summed E-state index contributed by atoms with van der Waals surface area (Å²) in [6.45, 7) is 12.3. The minimum absolute atomic E-state index is 0.434. The molecule has 0 amide bonds. The van der Waals surface area contributed by atoms with E-state index in [-0.39, 0.29) is 0 Å². The topological polar surface area (TPSA) is 21.7 Å². The van der Waals surface area contributed by atoms with Gasteiger partial charge in [-0.3, -0.25) is 0 Å². The Morgan fingerprint density at radius 3 is 1.74 bits per heavy atom. The Morgan fingerprint density at radius 1 is 0.839 bits per heavy atom. The van der Waals surface area contributed by atoms with E-state index in [1.807, 2.05) is 43.3 Å². The zero-order valence-corrected chi connectivity index (χ0v) is 21.2. The summed E-state index contributed by atoms with van der Waals surface area (Å²) in [6, 6.07) is 20.2. The van der Waals surface area contributed by atoms with E-state index in [9.17, 15) is 0 Å². The molecule has 0 saturated heterocycles. The van der Waals surface area contributed by atoms with Crippen molar-refractivity contribution in [3.8, 4) is 5.75 Å². The Bertz CT molecular complexity index is 679. The zero-order valence-electron chi connectivity index (χ0n) is 20.5. The Morgan fingerprint density at radius 2 is 1.32 bits per heavy atom. The van der Waals surface area contributed by atoms with Gasteiger partial charge in [0.05, 0.1) is 0 Å². The molecule has 3 nitrogen and oxygen atoms in total. The lowest BCUT2D eigenvalue weighted by Crippen LogP contribution is -2.45. The molecule has 0 aliphatic rings. The largest absolute Gasteiger partial charge is 0.463 e. The van der Waals surface area contributed by atoms with Gasteiger partial charge < -0.3 is 14.4 Å². The third-order valence-corrected chi connectivity index (χ3v) is 5.05. The third-order valence-electron chi connectivity index (χ3n) is 4.56. The van der Waals surface area contributed by atoms with Crippen LogP contribution in [0, 0.1) is 11.8 Å². The van der Waals surface area contributed by atoms with Crippen molar-refractivity contribution in [2.45, 2.75) is 65.2 Å². The van der Waals surface area contributed by atoms with Gasteiger partial charge in [-0.05, 0) is 63.4 Å². The third kappa shape index (κ3) is 11.6. The fourth-order valence-corrected chi connectivity index (χ4v) is 4.37. The second-order valence-corrected chi connectivity index (χ2v) is 9.92. The molecule has 0 spiro atoms. The first-order chi connectivity index (χ1) is 14.7. The van der Waals surface area contributed by atoms with Crippen molar-refractivity contribution in [1.29, 1.82) is 0 Å². The number of halogens is 1. The molecular formula is C27H42ClNO2. The van der Waals surface area contributed by atoms with E-state index in [2.05, 4.69) is 71.0 Å². The first-order valence-electron chi connectivity index (χ1n) is 11.4. The highest BCUT2D eigenvalue weighted by molar-refractivity contribution is 6.24. The summed E-state index contributed by atoms with van der Waals surface area (Å²) in [5.41, 5.74) is 1.37. The van der Waals surface area contributed by atoms with E-state index < -0.39 is 11.2 Å². The highest BCUT2D eigenvalue weighted by Crippen LogP contribution is 2.37. The first-order valence-corrected chi connectivity index (χ1v) is 11.7. The highest BCUT2D eigenvalue weighted by atomic mass is 35.5. The van der Waals surface area contributed by atoms with Crippen molar-refractivity contribution < 1.29 is 9.47 Å². The molecule has 0 aliphatic heterocycles. The minimum Gasteiger partial charge on any atom is -0.463 e. The van der Waals surface area contributed by atoms with E-state index in [4.69, 9.17) is 21.1 Å². The fourth-order valence-electron chi connectivity index (χ4n) is 3.64. The predicted molar refractivity (Wildman–Crippen MR) is 134 cm³/mol. The number of benzene rings is 2. The summed E-state index contributed by atoms with van der Waals surface area (Å²) in [7, 11) is 4.15. The average Bonchev–Trinajstić information content (AvgIpc) is 2.68. The number of para-hydroxylation sites is 1. The van der Waals surface area contributed by atoms with Gasteiger partial charge in [0.15, 0.2) is 0 Å². The van der Waals surface area contributed by atoms with Gasteiger partial charge in [-0.1, -0.05) is 76.2 Å². The first kappa shape index (κ1) is 27.5. The van der Waals surface area contributed by atoms with E-state index in [0.29, 0.717) is 18.4 Å². The lowest BCUT2D eigenvalue weighted by Gasteiger charge is -2.37. The van der Waals surface area contributed by atoms with Crippen LogP contribution in [-0.4, -0.2) is 36.8 Å². The minimum atomic E-state index is -0.506. The maximum absolute atomic E-state index is 6.97. The van der Waals surface area contributed by atoms with Gasteiger partial charge in [0.1, 0.15) is 10.6 Å².